The van der Waals surface area contributed by atoms with Crippen LogP contribution in [0.1, 0.15) is 29.3 Å². The highest BCUT2D eigenvalue weighted by Gasteiger charge is 2.28. The molecule has 1 aliphatic rings. The predicted molar refractivity (Wildman–Crippen MR) is 101 cm³/mol. The highest BCUT2D eigenvalue weighted by Crippen LogP contribution is 2.27. The van der Waals surface area contributed by atoms with Crippen LogP contribution >= 0.6 is 11.8 Å². The number of nitrogens with one attached hydrogen (secondary N) is 1. The molecule has 0 aliphatic carbocycles. The van der Waals surface area contributed by atoms with Crippen LogP contribution in [0.3, 0.4) is 0 Å². The Morgan fingerprint density at radius 1 is 1.28 bits per heavy atom. The van der Waals surface area contributed by atoms with Crippen LogP contribution in [0.5, 0.6) is 0 Å². The minimum absolute atomic E-state index is 0.0126. The molecule has 132 valence electrons. The number of hydrogen-bond acceptors (Lipinski definition) is 4. The second kappa shape index (κ2) is 7.04. The maximum Gasteiger partial charge on any atom is 0.257 e. The van der Waals surface area contributed by atoms with Gasteiger partial charge in [0.15, 0.2) is 5.16 Å². The summed E-state index contributed by atoms with van der Waals surface area (Å²) in [5, 5.41) is 3.71. The zero-order valence-electron chi connectivity index (χ0n) is 15.0. The summed E-state index contributed by atoms with van der Waals surface area (Å²) >= 11 is 1.48. The van der Waals surface area contributed by atoms with Gasteiger partial charge in [0.25, 0.3) is 5.56 Å². The highest BCUT2D eigenvalue weighted by atomic mass is 32.2. The SMILES string of the molecule is CCc1c(C)nc2n(c1=O)CC(C(=O)Nc1cc(C)cc(C)c1)CS2. The first-order valence-corrected chi connectivity index (χ1v) is 9.50. The van der Waals surface area contributed by atoms with E-state index in [-0.39, 0.29) is 17.4 Å². The molecule has 0 bridgehead atoms. The first kappa shape index (κ1) is 17.7. The lowest BCUT2D eigenvalue weighted by Gasteiger charge is -2.25. The van der Waals surface area contributed by atoms with Gasteiger partial charge in [-0.05, 0) is 50.5 Å². The first-order chi connectivity index (χ1) is 11.9. The van der Waals surface area contributed by atoms with E-state index in [4.69, 9.17) is 0 Å². The zero-order valence-corrected chi connectivity index (χ0v) is 15.9. The average molecular weight is 357 g/mol. The third kappa shape index (κ3) is 3.63. The van der Waals surface area contributed by atoms with E-state index in [2.05, 4.69) is 16.4 Å². The average Bonchev–Trinajstić information content (AvgIpc) is 2.54. The van der Waals surface area contributed by atoms with E-state index in [1.807, 2.05) is 39.8 Å². The smallest absolute Gasteiger partial charge is 0.257 e. The van der Waals surface area contributed by atoms with E-state index in [1.54, 1.807) is 4.57 Å². The van der Waals surface area contributed by atoms with Crippen molar-refractivity contribution in [1.82, 2.24) is 9.55 Å². The van der Waals surface area contributed by atoms with E-state index in [9.17, 15) is 9.59 Å². The first-order valence-electron chi connectivity index (χ1n) is 8.51. The molecule has 1 N–H and O–H groups in total. The minimum atomic E-state index is -0.245. The second-order valence-electron chi connectivity index (χ2n) is 6.60. The Labute approximate surface area is 151 Å². The van der Waals surface area contributed by atoms with Gasteiger partial charge in [-0.15, -0.1) is 0 Å². The number of amides is 1. The Hall–Kier alpha value is -2.08. The van der Waals surface area contributed by atoms with Crippen LogP contribution < -0.4 is 10.9 Å². The summed E-state index contributed by atoms with van der Waals surface area (Å²) < 4.78 is 1.66. The van der Waals surface area contributed by atoms with Crippen molar-refractivity contribution in [3.05, 3.63) is 50.9 Å². The van der Waals surface area contributed by atoms with Crippen LogP contribution in [-0.4, -0.2) is 21.2 Å². The van der Waals surface area contributed by atoms with Gasteiger partial charge in [-0.25, -0.2) is 4.98 Å². The Morgan fingerprint density at radius 2 is 1.96 bits per heavy atom. The van der Waals surface area contributed by atoms with E-state index in [1.165, 1.54) is 11.8 Å². The molecule has 5 nitrogen and oxygen atoms in total. The summed E-state index contributed by atoms with van der Waals surface area (Å²) in [6.45, 7) is 8.24. The third-order valence-corrected chi connectivity index (χ3v) is 5.60. The number of fused-ring (bicyclic) bond motifs is 1. The molecule has 1 aromatic carbocycles. The minimum Gasteiger partial charge on any atom is -0.326 e. The molecular formula is C19H23N3O2S. The van der Waals surface area contributed by atoms with Gasteiger partial charge in [0.2, 0.25) is 5.91 Å². The normalized spacial score (nSPS) is 16.4. The van der Waals surface area contributed by atoms with Crippen molar-refractivity contribution in [3.63, 3.8) is 0 Å². The number of aromatic nitrogens is 2. The van der Waals surface area contributed by atoms with Crippen LogP contribution in [0.15, 0.2) is 28.2 Å². The van der Waals surface area contributed by atoms with Crippen LogP contribution in [0.4, 0.5) is 5.69 Å². The lowest BCUT2D eigenvalue weighted by molar-refractivity contribution is -0.119. The quantitative estimate of drug-likeness (QED) is 0.858. The molecule has 0 spiro atoms. The molecule has 1 unspecified atom stereocenters. The van der Waals surface area contributed by atoms with Crippen molar-refractivity contribution in [2.45, 2.75) is 45.8 Å². The van der Waals surface area contributed by atoms with Crippen LogP contribution in [0, 0.1) is 26.7 Å². The third-order valence-electron chi connectivity index (χ3n) is 4.46. The highest BCUT2D eigenvalue weighted by molar-refractivity contribution is 7.99. The number of rotatable bonds is 3. The molecule has 3 rings (SSSR count). The summed E-state index contributed by atoms with van der Waals surface area (Å²) in [4.78, 5) is 29.9. The molecule has 2 heterocycles. The Morgan fingerprint density at radius 3 is 2.60 bits per heavy atom. The van der Waals surface area contributed by atoms with Gasteiger partial charge in [-0.1, -0.05) is 24.8 Å². The van der Waals surface area contributed by atoms with Crippen LogP contribution in [0.2, 0.25) is 0 Å². The molecule has 2 aromatic rings. The summed E-state index contributed by atoms with van der Waals surface area (Å²) in [5.74, 6) is 0.340. The Bertz CT molecular complexity index is 869. The summed E-state index contributed by atoms with van der Waals surface area (Å²) in [6.07, 6.45) is 0.655. The number of thioether (sulfide) groups is 1. The van der Waals surface area contributed by atoms with Gasteiger partial charge in [-0.2, -0.15) is 0 Å². The van der Waals surface area contributed by atoms with Crippen LogP contribution in [0.25, 0.3) is 0 Å². The maximum atomic E-state index is 12.7. The number of carbonyl (C=O) groups is 1. The molecule has 1 amide bonds. The molecule has 25 heavy (non-hydrogen) atoms. The molecule has 1 aromatic heterocycles. The van der Waals surface area contributed by atoms with Crippen molar-refractivity contribution in [3.8, 4) is 0 Å². The molecular weight excluding hydrogens is 334 g/mol. The van der Waals surface area contributed by atoms with Crippen molar-refractivity contribution >= 4 is 23.4 Å². The molecule has 1 aliphatic heterocycles. The number of benzene rings is 1. The predicted octanol–water partition coefficient (Wildman–Crippen LogP) is 3.09. The summed E-state index contributed by atoms with van der Waals surface area (Å²) in [7, 11) is 0. The van der Waals surface area contributed by atoms with Gasteiger partial charge in [0.05, 0.1) is 5.92 Å². The molecule has 0 fully saturated rings. The number of carbonyl (C=O) groups excluding carboxylic acids is 1. The molecule has 0 radical (unpaired) electrons. The second-order valence-corrected chi connectivity index (χ2v) is 7.59. The van der Waals surface area contributed by atoms with E-state index < -0.39 is 0 Å². The fourth-order valence-electron chi connectivity index (χ4n) is 3.25. The largest absolute Gasteiger partial charge is 0.326 e. The fraction of sp³-hybridized carbons (Fsp3) is 0.421. The molecule has 6 heteroatoms. The van der Waals surface area contributed by atoms with Gasteiger partial charge in [0.1, 0.15) is 0 Å². The molecule has 0 saturated heterocycles. The lowest BCUT2D eigenvalue weighted by Crippen LogP contribution is -2.38. The maximum absolute atomic E-state index is 12.7. The van der Waals surface area contributed by atoms with Gasteiger partial charge in [-0.3, -0.25) is 14.2 Å². The van der Waals surface area contributed by atoms with Crippen molar-refractivity contribution in [1.29, 1.82) is 0 Å². The number of aryl methyl sites for hydroxylation is 3. The van der Waals surface area contributed by atoms with Crippen molar-refractivity contribution < 1.29 is 4.79 Å². The van der Waals surface area contributed by atoms with Crippen molar-refractivity contribution in [2.24, 2.45) is 5.92 Å². The van der Waals surface area contributed by atoms with Crippen LogP contribution in [-0.2, 0) is 17.8 Å². The fourth-order valence-corrected chi connectivity index (χ4v) is 4.37. The number of nitrogens with zero attached hydrogens (tertiary/aromatic N) is 2. The zero-order chi connectivity index (χ0) is 18.1. The Balaban J connectivity index is 1.82. The van der Waals surface area contributed by atoms with Gasteiger partial charge < -0.3 is 5.32 Å². The van der Waals surface area contributed by atoms with E-state index in [0.29, 0.717) is 18.7 Å². The van der Waals surface area contributed by atoms with Gasteiger partial charge >= 0.3 is 0 Å². The summed E-state index contributed by atoms with van der Waals surface area (Å²) in [5.41, 5.74) is 4.55. The number of anilines is 1. The summed E-state index contributed by atoms with van der Waals surface area (Å²) in [6, 6.07) is 5.99. The topological polar surface area (TPSA) is 64.0 Å². The molecule has 1 atom stereocenters. The Kier molecular flexibility index (Phi) is 4.99. The monoisotopic (exact) mass is 357 g/mol. The number of hydrogen-bond donors (Lipinski definition) is 1. The standard InChI is InChI=1S/C19H23N3O2S/c1-5-16-13(4)20-19-22(18(16)24)9-14(10-25-19)17(23)21-15-7-11(2)6-12(3)8-15/h6-8,14H,5,9-10H2,1-4H3,(H,21,23). The van der Waals surface area contributed by atoms with E-state index >= 15 is 0 Å². The van der Waals surface area contributed by atoms with Crippen molar-refractivity contribution in [2.75, 3.05) is 11.1 Å². The van der Waals surface area contributed by atoms with E-state index in [0.717, 1.165) is 33.2 Å². The molecule has 0 saturated carbocycles. The van der Waals surface area contributed by atoms with Gasteiger partial charge in [0, 0.05) is 29.2 Å². The lowest BCUT2D eigenvalue weighted by atomic mass is 10.1.